The second-order valence-corrected chi connectivity index (χ2v) is 8.80. The summed E-state index contributed by atoms with van der Waals surface area (Å²) in [5, 5.41) is 12.5. The highest BCUT2D eigenvalue weighted by Crippen LogP contribution is 2.35. The lowest BCUT2D eigenvalue weighted by molar-refractivity contribution is -0.148. The summed E-state index contributed by atoms with van der Waals surface area (Å²) in [7, 11) is 0. The number of carbonyl (C=O) groups excluding carboxylic acids is 1. The molecule has 12 heteroatoms. The summed E-state index contributed by atoms with van der Waals surface area (Å²) in [6.45, 7) is 1.47. The van der Waals surface area contributed by atoms with Crippen molar-refractivity contribution in [3.8, 4) is 0 Å². The molecular formula is C21H22F3N5O3S. The Hall–Kier alpha value is -2.99. The van der Waals surface area contributed by atoms with Crippen LogP contribution in [0.2, 0.25) is 0 Å². The molecule has 3 heterocycles. The van der Waals surface area contributed by atoms with Crippen LogP contribution >= 0.6 is 11.3 Å². The van der Waals surface area contributed by atoms with Gasteiger partial charge in [-0.15, -0.1) is 0 Å². The summed E-state index contributed by atoms with van der Waals surface area (Å²) >= 11 is 0.850. The van der Waals surface area contributed by atoms with E-state index in [0.717, 1.165) is 16.9 Å². The number of amides is 1. The smallest absolute Gasteiger partial charge is 0.394 e. The molecule has 0 unspecified atom stereocenters. The topological polar surface area (TPSA) is 100 Å². The molecule has 1 aliphatic heterocycles. The second-order valence-electron chi connectivity index (χ2n) is 7.84. The number of fused-ring (bicyclic) bond motifs is 1. The molecule has 3 aromatic rings. The summed E-state index contributed by atoms with van der Waals surface area (Å²) < 4.78 is 41.1. The molecule has 0 aliphatic carbocycles. The van der Waals surface area contributed by atoms with E-state index in [4.69, 9.17) is 0 Å². The standard InChI is InChI=1S/C21H22F3N5O3S/c1-12(11-30)29-18(32)15-17(27-19(29)21(22,23)24)33-20(26-15)28-9-5-8-14(28)16(31)25-10-13-6-3-2-4-7-13/h2-4,6-7,12,14,30H,5,8-11H2,1H3,(H,25,31)/t12-,14+/m0/s1. The number of carbonyl (C=O) groups is 1. The maximum Gasteiger partial charge on any atom is 0.449 e. The fourth-order valence-corrected chi connectivity index (χ4v) is 4.87. The zero-order valence-electron chi connectivity index (χ0n) is 17.7. The van der Waals surface area contributed by atoms with Crippen LogP contribution in [0.3, 0.4) is 0 Å². The maximum absolute atomic E-state index is 13.6. The van der Waals surface area contributed by atoms with Crippen molar-refractivity contribution in [2.45, 2.75) is 44.6 Å². The number of alkyl halides is 3. The van der Waals surface area contributed by atoms with E-state index in [0.29, 0.717) is 30.5 Å². The van der Waals surface area contributed by atoms with Crippen molar-refractivity contribution >= 4 is 32.7 Å². The molecule has 2 aromatic heterocycles. The first-order chi connectivity index (χ1) is 15.7. The van der Waals surface area contributed by atoms with Crippen molar-refractivity contribution in [3.63, 3.8) is 0 Å². The van der Waals surface area contributed by atoms with Gasteiger partial charge in [-0.25, -0.2) is 9.97 Å². The molecular weight excluding hydrogens is 459 g/mol. The molecule has 1 saturated heterocycles. The zero-order valence-corrected chi connectivity index (χ0v) is 18.5. The highest BCUT2D eigenvalue weighted by atomic mass is 32.1. The third-order valence-corrected chi connectivity index (χ3v) is 6.51. The van der Waals surface area contributed by atoms with Crippen molar-refractivity contribution in [3.05, 3.63) is 52.1 Å². The van der Waals surface area contributed by atoms with Crippen LogP contribution in [0.15, 0.2) is 35.1 Å². The number of hydrogen-bond donors (Lipinski definition) is 2. The fraction of sp³-hybridized carbons (Fsp3) is 0.429. The van der Waals surface area contributed by atoms with Crippen LogP contribution in [0.25, 0.3) is 10.3 Å². The molecule has 1 amide bonds. The van der Waals surface area contributed by atoms with Crippen molar-refractivity contribution < 1.29 is 23.1 Å². The number of thiazole rings is 1. The lowest BCUT2D eigenvalue weighted by Gasteiger charge is -2.23. The van der Waals surface area contributed by atoms with Crippen LogP contribution in [0.5, 0.6) is 0 Å². The van der Waals surface area contributed by atoms with E-state index in [1.165, 1.54) is 6.92 Å². The first-order valence-corrected chi connectivity index (χ1v) is 11.2. The van der Waals surface area contributed by atoms with Crippen LogP contribution in [0.1, 0.15) is 37.2 Å². The van der Waals surface area contributed by atoms with Gasteiger partial charge in [0.05, 0.1) is 12.6 Å². The second kappa shape index (κ2) is 9.10. The summed E-state index contributed by atoms with van der Waals surface area (Å²) in [6, 6.07) is 7.73. The Morgan fingerprint density at radius 1 is 1.30 bits per heavy atom. The highest BCUT2D eigenvalue weighted by Gasteiger charge is 2.40. The van der Waals surface area contributed by atoms with Gasteiger partial charge in [0, 0.05) is 13.1 Å². The number of aliphatic hydroxyl groups is 1. The number of benzene rings is 1. The van der Waals surface area contributed by atoms with E-state index in [1.54, 1.807) is 4.90 Å². The molecule has 1 fully saturated rings. The van der Waals surface area contributed by atoms with E-state index in [2.05, 4.69) is 15.3 Å². The summed E-state index contributed by atoms with van der Waals surface area (Å²) in [5.41, 5.74) is -0.239. The van der Waals surface area contributed by atoms with E-state index < -0.39 is 36.3 Å². The zero-order chi connectivity index (χ0) is 23.8. The van der Waals surface area contributed by atoms with Gasteiger partial charge in [-0.05, 0) is 25.3 Å². The normalized spacial score (nSPS) is 17.5. The van der Waals surface area contributed by atoms with Gasteiger partial charge >= 0.3 is 6.18 Å². The van der Waals surface area contributed by atoms with E-state index >= 15 is 0 Å². The van der Waals surface area contributed by atoms with Gasteiger partial charge in [-0.1, -0.05) is 41.7 Å². The van der Waals surface area contributed by atoms with Crippen molar-refractivity contribution in [1.29, 1.82) is 0 Å². The molecule has 1 aliphatic rings. The Kier molecular flexibility index (Phi) is 6.39. The average molecular weight is 482 g/mol. The summed E-state index contributed by atoms with van der Waals surface area (Å²) in [6.07, 6.45) is -3.62. The lowest BCUT2D eigenvalue weighted by Crippen LogP contribution is -2.43. The molecule has 0 spiro atoms. The maximum atomic E-state index is 13.6. The lowest BCUT2D eigenvalue weighted by atomic mass is 10.2. The predicted molar refractivity (Wildman–Crippen MR) is 117 cm³/mol. The first kappa shape index (κ1) is 23.2. The third-order valence-electron chi connectivity index (χ3n) is 5.52. The molecule has 1 aromatic carbocycles. The molecule has 8 nitrogen and oxygen atoms in total. The van der Waals surface area contributed by atoms with Crippen molar-refractivity contribution in [2.24, 2.45) is 0 Å². The average Bonchev–Trinajstić information content (AvgIpc) is 3.44. The Bertz CT molecular complexity index is 1210. The van der Waals surface area contributed by atoms with Gasteiger partial charge in [0.2, 0.25) is 11.7 Å². The van der Waals surface area contributed by atoms with Crippen LogP contribution in [-0.4, -0.2) is 44.7 Å². The minimum atomic E-state index is -4.88. The molecule has 2 N–H and O–H groups in total. The minimum Gasteiger partial charge on any atom is -0.394 e. The molecule has 0 bridgehead atoms. The predicted octanol–water partition coefficient (Wildman–Crippen LogP) is 2.71. The number of aromatic nitrogens is 3. The number of hydrogen-bond acceptors (Lipinski definition) is 7. The summed E-state index contributed by atoms with van der Waals surface area (Å²) in [5.74, 6) is -1.60. The SMILES string of the molecule is C[C@@H](CO)n1c(C(F)(F)F)nc2sc(N3CCC[C@@H]3C(=O)NCc3ccccc3)nc2c1=O. The van der Waals surface area contributed by atoms with Crippen molar-refractivity contribution in [1.82, 2.24) is 19.9 Å². The highest BCUT2D eigenvalue weighted by molar-refractivity contribution is 7.21. The van der Waals surface area contributed by atoms with Crippen LogP contribution < -0.4 is 15.8 Å². The minimum absolute atomic E-state index is 0.154. The number of anilines is 1. The third kappa shape index (κ3) is 4.58. The van der Waals surface area contributed by atoms with Crippen LogP contribution in [-0.2, 0) is 17.5 Å². The Labute approximate surface area is 190 Å². The molecule has 2 atom stereocenters. The molecule has 176 valence electrons. The number of nitrogens with one attached hydrogen (secondary N) is 1. The van der Waals surface area contributed by atoms with Gasteiger partial charge in [-0.2, -0.15) is 13.2 Å². The molecule has 0 radical (unpaired) electrons. The van der Waals surface area contributed by atoms with Gasteiger partial charge in [0.25, 0.3) is 5.56 Å². The molecule has 0 saturated carbocycles. The van der Waals surface area contributed by atoms with Gasteiger partial charge in [0.15, 0.2) is 15.5 Å². The quantitative estimate of drug-likeness (QED) is 0.562. The molecule has 4 rings (SSSR count). The largest absolute Gasteiger partial charge is 0.449 e. The van der Waals surface area contributed by atoms with Crippen molar-refractivity contribution in [2.75, 3.05) is 18.1 Å². The summed E-state index contributed by atoms with van der Waals surface area (Å²) in [4.78, 5) is 35.2. The number of aliphatic hydroxyl groups excluding tert-OH is 1. The number of halogens is 3. The van der Waals surface area contributed by atoms with E-state index in [9.17, 15) is 27.9 Å². The van der Waals surface area contributed by atoms with Gasteiger partial charge in [0.1, 0.15) is 6.04 Å². The first-order valence-electron chi connectivity index (χ1n) is 10.4. The number of rotatable bonds is 6. The molecule has 33 heavy (non-hydrogen) atoms. The van der Waals surface area contributed by atoms with Gasteiger partial charge in [-0.3, -0.25) is 14.2 Å². The Balaban J connectivity index is 1.65. The van der Waals surface area contributed by atoms with Crippen LogP contribution in [0.4, 0.5) is 18.3 Å². The number of nitrogens with zero attached hydrogens (tertiary/aromatic N) is 4. The Morgan fingerprint density at radius 2 is 2.03 bits per heavy atom. The van der Waals surface area contributed by atoms with E-state index in [-0.39, 0.29) is 21.4 Å². The Morgan fingerprint density at radius 3 is 2.70 bits per heavy atom. The fourth-order valence-electron chi connectivity index (χ4n) is 3.86. The van der Waals surface area contributed by atoms with Crippen LogP contribution in [0, 0.1) is 0 Å². The monoisotopic (exact) mass is 481 g/mol. The van der Waals surface area contributed by atoms with Gasteiger partial charge < -0.3 is 15.3 Å². The van der Waals surface area contributed by atoms with E-state index in [1.807, 2.05) is 30.3 Å².